The molecule has 3 N–H and O–H groups in total. The standard InChI is InChI=1S/C24H26F2N4O4S/c1-15(7-9-31)27-21-5-3-2-4-19(21)24(32)13-23-20-14-30(8-6-22(20)28-29-23)35(33,34)18-11-16(25)10-17(26)12-18/h2-5,10-12,15,27,31H,6-9,13-14H2,1H3,(H,28,29). The molecule has 0 amide bonds. The number of aliphatic hydroxyl groups excluding tert-OH is 1. The van der Waals surface area contributed by atoms with Crippen molar-refractivity contribution in [2.24, 2.45) is 0 Å². The summed E-state index contributed by atoms with van der Waals surface area (Å²) in [4.78, 5) is 12.7. The fourth-order valence-electron chi connectivity index (χ4n) is 4.14. The van der Waals surface area contributed by atoms with Crippen LogP contribution in [0.5, 0.6) is 0 Å². The lowest BCUT2D eigenvalue weighted by molar-refractivity contribution is 0.0992. The number of nitrogens with zero attached hydrogens (tertiary/aromatic N) is 2. The van der Waals surface area contributed by atoms with Crippen molar-refractivity contribution < 1.29 is 27.1 Å². The van der Waals surface area contributed by atoms with Crippen LogP contribution in [-0.4, -0.2) is 53.0 Å². The molecular weight excluding hydrogens is 478 g/mol. The zero-order valence-electron chi connectivity index (χ0n) is 19.1. The maximum Gasteiger partial charge on any atom is 0.243 e. The van der Waals surface area contributed by atoms with Crippen LogP contribution in [0.3, 0.4) is 0 Å². The van der Waals surface area contributed by atoms with E-state index in [0.29, 0.717) is 41.4 Å². The average molecular weight is 505 g/mol. The highest BCUT2D eigenvalue weighted by Gasteiger charge is 2.32. The van der Waals surface area contributed by atoms with Gasteiger partial charge in [0.1, 0.15) is 11.6 Å². The highest BCUT2D eigenvalue weighted by atomic mass is 32.2. The van der Waals surface area contributed by atoms with E-state index in [0.717, 1.165) is 22.1 Å². The molecular formula is C24H26F2N4O4S. The lowest BCUT2D eigenvalue weighted by Crippen LogP contribution is -2.36. The first-order valence-electron chi connectivity index (χ1n) is 11.2. The lowest BCUT2D eigenvalue weighted by atomic mass is 9.99. The Hall–Kier alpha value is -3.15. The Morgan fingerprint density at radius 1 is 1.23 bits per heavy atom. The number of aromatic amines is 1. The molecule has 2 heterocycles. The number of aromatic nitrogens is 2. The predicted molar refractivity (Wildman–Crippen MR) is 126 cm³/mol. The zero-order chi connectivity index (χ0) is 25.2. The Morgan fingerprint density at radius 2 is 1.94 bits per heavy atom. The predicted octanol–water partition coefficient (Wildman–Crippen LogP) is 3.04. The van der Waals surface area contributed by atoms with Gasteiger partial charge in [0.05, 0.1) is 17.0 Å². The molecule has 35 heavy (non-hydrogen) atoms. The Labute approximate surface area is 202 Å². The van der Waals surface area contributed by atoms with Crippen LogP contribution < -0.4 is 5.32 Å². The molecule has 3 aromatic rings. The number of ketones is 1. The first-order valence-corrected chi connectivity index (χ1v) is 12.6. The van der Waals surface area contributed by atoms with Gasteiger partial charge in [-0.05, 0) is 37.6 Å². The molecule has 0 saturated heterocycles. The summed E-state index contributed by atoms with van der Waals surface area (Å²) in [6.45, 7) is 1.97. The minimum absolute atomic E-state index is 0.0192. The van der Waals surface area contributed by atoms with Crippen molar-refractivity contribution in [3.05, 3.63) is 76.6 Å². The number of fused-ring (bicyclic) bond motifs is 1. The molecule has 1 aliphatic heterocycles. The third-order valence-electron chi connectivity index (χ3n) is 5.98. The molecule has 1 aliphatic rings. The summed E-state index contributed by atoms with van der Waals surface area (Å²) >= 11 is 0. The van der Waals surface area contributed by atoms with Crippen LogP contribution in [-0.2, 0) is 29.4 Å². The van der Waals surface area contributed by atoms with Crippen molar-refractivity contribution in [2.45, 2.75) is 43.7 Å². The number of carbonyl (C=O) groups is 1. The number of benzene rings is 2. The van der Waals surface area contributed by atoms with Gasteiger partial charge in [0.15, 0.2) is 5.78 Å². The van der Waals surface area contributed by atoms with Crippen LogP contribution in [0.25, 0.3) is 0 Å². The molecule has 1 aromatic heterocycles. The summed E-state index contributed by atoms with van der Waals surface area (Å²) in [5.41, 5.74) is 2.84. The van der Waals surface area contributed by atoms with Crippen molar-refractivity contribution in [2.75, 3.05) is 18.5 Å². The van der Waals surface area contributed by atoms with E-state index in [-0.39, 0.29) is 37.9 Å². The van der Waals surface area contributed by atoms with E-state index in [2.05, 4.69) is 15.5 Å². The van der Waals surface area contributed by atoms with Gasteiger partial charge >= 0.3 is 0 Å². The number of Topliss-reactive ketones (excluding diaryl/α,β-unsaturated/α-hetero) is 1. The van der Waals surface area contributed by atoms with Crippen molar-refractivity contribution in [1.82, 2.24) is 14.5 Å². The van der Waals surface area contributed by atoms with Gasteiger partial charge in [0.2, 0.25) is 10.0 Å². The number of para-hydroxylation sites is 1. The van der Waals surface area contributed by atoms with Crippen LogP contribution >= 0.6 is 0 Å². The van der Waals surface area contributed by atoms with E-state index in [9.17, 15) is 22.0 Å². The molecule has 4 rings (SSSR count). The molecule has 0 fully saturated rings. The summed E-state index contributed by atoms with van der Waals surface area (Å²) in [7, 11) is -4.15. The fraction of sp³-hybridized carbons (Fsp3) is 0.333. The molecule has 0 radical (unpaired) electrons. The number of aliphatic hydroxyl groups is 1. The van der Waals surface area contributed by atoms with Crippen LogP contribution in [0.2, 0.25) is 0 Å². The topological polar surface area (TPSA) is 115 Å². The molecule has 1 unspecified atom stereocenters. The van der Waals surface area contributed by atoms with Crippen LogP contribution in [0, 0.1) is 11.6 Å². The van der Waals surface area contributed by atoms with Gasteiger partial charge in [-0.1, -0.05) is 12.1 Å². The molecule has 0 spiro atoms. The van der Waals surface area contributed by atoms with Gasteiger partial charge in [-0.25, -0.2) is 17.2 Å². The van der Waals surface area contributed by atoms with E-state index in [1.807, 2.05) is 6.92 Å². The molecule has 0 aliphatic carbocycles. The number of sulfonamides is 1. The zero-order valence-corrected chi connectivity index (χ0v) is 19.9. The quantitative estimate of drug-likeness (QED) is 0.386. The third kappa shape index (κ3) is 5.42. The van der Waals surface area contributed by atoms with Gasteiger partial charge in [0, 0.05) is 60.7 Å². The molecule has 0 saturated carbocycles. The van der Waals surface area contributed by atoms with E-state index in [1.165, 1.54) is 0 Å². The number of carbonyl (C=O) groups excluding carboxylic acids is 1. The highest BCUT2D eigenvalue weighted by molar-refractivity contribution is 7.89. The number of nitrogens with one attached hydrogen (secondary N) is 2. The van der Waals surface area contributed by atoms with Crippen LogP contribution in [0.4, 0.5) is 14.5 Å². The lowest BCUT2D eigenvalue weighted by Gasteiger charge is -2.26. The van der Waals surface area contributed by atoms with Gasteiger partial charge in [-0.2, -0.15) is 9.40 Å². The number of rotatable bonds is 9. The number of hydrogen-bond acceptors (Lipinski definition) is 6. The van der Waals surface area contributed by atoms with Crippen molar-refractivity contribution in [3.8, 4) is 0 Å². The van der Waals surface area contributed by atoms with E-state index >= 15 is 0 Å². The Kier molecular flexibility index (Phi) is 7.29. The normalized spacial score (nSPS) is 15.0. The third-order valence-corrected chi connectivity index (χ3v) is 7.80. The van der Waals surface area contributed by atoms with Gasteiger partial charge in [0.25, 0.3) is 0 Å². The molecule has 2 aromatic carbocycles. The molecule has 1 atom stereocenters. The number of halogens is 2. The number of hydrogen-bond donors (Lipinski definition) is 3. The SMILES string of the molecule is CC(CCO)Nc1ccccc1C(=O)Cc1n[nH]c2c1CN(S(=O)(=O)c1cc(F)cc(F)c1)CC2. The fourth-order valence-corrected chi connectivity index (χ4v) is 5.59. The molecule has 186 valence electrons. The molecule has 0 bridgehead atoms. The largest absolute Gasteiger partial charge is 0.396 e. The minimum atomic E-state index is -4.15. The summed E-state index contributed by atoms with van der Waals surface area (Å²) < 4.78 is 54.5. The Bertz CT molecular complexity index is 1320. The van der Waals surface area contributed by atoms with Crippen molar-refractivity contribution in [1.29, 1.82) is 0 Å². The molecule has 8 nitrogen and oxygen atoms in total. The second kappa shape index (κ2) is 10.2. The number of anilines is 1. The highest BCUT2D eigenvalue weighted by Crippen LogP contribution is 2.28. The second-order valence-electron chi connectivity index (χ2n) is 8.52. The van der Waals surface area contributed by atoms with Gasteiger partial charge < -0.3 is 10.4 Å². The van der Waals surface area contributed by atoms with Gasteiger partial charge in [-0.15, -0.1) is 0 Å². The summed E-state index contributed by atoms with van der Waals surface area (Å²) in [6.07, 6.45) is 0.792. The van der Waals surface area contributed by atoms with E-state index in [4.69, 9.17) is 5.11 Å². The minimum Gasteiger partial charge on any atom is -0.396 e. The maximum absolute atomic E-state index is 13.6. The number of H-pyrrole nitrogens is 1. The first kappa shape index (κ1) is 25.0. The average Bonchev–Trinajstić information content (AvgIpc) is 3.21. The Balaban J connectivity index is 1.56. The summed E-state index contributed by atoms with van der Waals surface area (Å²) in [5, 5.41) is 19.5. The van der Waals surface area contributed by atoms with E-state index in [1.54, 1.807) is 24.3 Å². The van der Waals surface area contributed by atoms with E-state index < -0.39 is 26.6 Å². The Morgan fingerprint density at radius 3 is 2.66 bits per heavy atom. The molecule has 11 heteroatoms. The monoisotopic (exact) mass is 504 g/mol. The van der Waals surface area contributed by atoms with Crippen LogP contribution in [0.15, 0.2) is 47.4 Å². The maximum atomic E-state index is 13.6. The smallest absolute Gasteiger partial charge is 0.243 e. The van der Waals surface area contributed by atoms with Crippen LogP contribution in [0.1, 0.15) is 40.7 Å². The van der Waals surface area contributed by atoms with Gasteiger partial charge in [-0.3, -0.25) is 9.89 Å². The first-order chi connectivity index (χ1) is 16.7. The summed E-state index contributed by atoms with van der Waals surface area (Å²) in [5.74, 6) is -2.15. The van der Waals surface area contributed by atoms with Crippen molar-refractivity contribution in [3.63, 3.8) is 0 Å². The summed E-state index contributed by atoms with van der Waals surface area (Å²) in [6, 6.07) is 9.19. The van der Waals surface area contributed by atoms with Crippen molar-refractivity contribution >= 4 is 21.5 Å². The second-order valence-corrected chi connectivity index (χ2v) is 10.5.